The second kappa shape index (κ2) is 8.57. The van der Waals surface area contributed by atoms with Crippen molar-refractivity contribution in [3.63, 3.8) is 0 Å². The van der Waals surface area contributed by atoms with E-state index in [-0.39, 0.29) is 12.3 Å². The van der Waals surface area contributed by atoms with Gasteiger partial charge in [0.1, 0.15) is 23.7 Å². The molecule has 2 aromatic rings. The smallest absolute Gasteiger partial charge is 0.407 e. The quantitative estimate of drug-likeness (QED) is 0.722. The van der Waals surface area contributed by atoms with Gasteiger partial charge in [-0.2, -0.15) is 0 Å². The van der Waals surface area contributed by atoms with Crippen LogP contribution in [-0.2, 0) is 11.3 Å². The van der Waals surface area contributed by atoms with E-state index in [9.17, 15) is 14.7 Å². The lowest BCUT2D eigenvalue weighted by Gasteiger charge is -2.20. The third-order valence-electron chi connectivity index (χ3n) is 3.70. The number of carbonyl (C=O) groups excluding carboxylic acids is 1. The average Bonchev–Trinajstić information content (AvgIpc) is 3.01. The van der Waals surface area contributed by atoms with Crippen molar-refractivity contribution in [2.75, 3.05) is 13.2 Å². The molecule has 0 radical (unpaired) electrons. The Bertz CT molecular complexity index is 808. The molecular formula is C19H25N3O5. The van der Waals surface area contributed by atoms with Crippen LogP contribution in [0.25, 0.3) is 0 Å². The van der Waals surface area contributed by atoms with E-state index < -0.39 is 17.7 Å². The maximum Gasteiger partial charge on any atom is 0.407 e. The minimum Gasteiger partial charge on any atom is -0.491 e. The van der Waals surface area contributed by atoms with Crippen LogP contribution >= 0.6 is 0 Å². The van der Waals surface area contributed by atoms with Crippen molar-refractivity contribution >= 4 is 12.1 Å². The number of carboxylic acids is 1. The van der Waals surface area contributed by atoms with Crippen LogP contribution in [0.2, 0.25) is 0 Å². The van der Waals surface area contributed by atoms with Crippen molar-refractivity contribution in [1.82, 2.24) is 14.9 Å². The summed E-state index contributed by atoms with van der Waals surface area (Å²) in [6, 6.07) is 5.58. The van der Waals surface area contributed by atoms with E-state index >= 15 is 0 Å². The fourth-order valence-corrected chi connectivity index (χ4v) is 2.42. The summed E-state index contributed by atoms with van der Waals surface area (Å²) in [4.78, 5) is 26.7. The number of hydrogen-bond donors (Lipinski definition) is 2. The summed E-state index contributed by atoms with van der Waals surface area (Å²) in [6.07, 6.45) is 2.32. The molecule has 2 N–H and O–H groups in total. The van der Waals surface area contributed by atoms with Crippen LogP contribution in [0, 0.1) is 6.92 Å². The van der Waals surface area contributed by atoms with Gasteiger partial charge in [-0.3, -0.25) is 0 Å². The lowest BCUT2D eigenvalue weighted by Crippen LogP contribution is -2.34. The number of aromatic carboxylic acids is 1. The Balaban J connectivity index is 1.94. The first-order chi connectivity index (χ1) is 12.7. The molecule has 1 aromatic heterocycles. The highest BCUT2D eigenvalue weighted by Gasteiger charge is 2.16. The predicted molar refractivity (Wildman–Crippen MR) is 99.2 cm³/mol. The molecule has 1 heterocycles. The second-order valence-corrected chi connectivity index (χ2v) is 7.03. The molecule has 0 aliphatic carbocycles. The number of amides is 1. The first-order valence-corrected chi connectivity index (χ1v) is 8.59. The zero-order chi connectivity index (χ0) is 20.0. The fraction of sp³-hybridized carbons (Fsp3) is 0.421. The summed E-state index contributed by atoms with van der Waals surface area (Å²) in [6.45, 7) is 8.28. The minimum absolute atomic E-state index is 0.127. The molecule has 8 nitrogen and oxygen atoms in total. The van der Waals surface area contributed by atoms with Crippen molar-refractivity contribution in [3.8, 4) is 5.75 Å². The third kappa shape index (κ3) is 6.02. The van der Waals surface area contributed by atoms with Crippen LogP contribution in [0.5, 0.6) is 5.75 Å². The van der Waals surface area contributed by atoms with Crippen molar-refractivity contribution in [2.24, 2.45) is 0 Å². The maximum atomic E-state index is 11.6. The van der Waals surface area contributed by atoms with Crippen molar-refractivity contribution in [3.05, 3.63) is 47.5 Å². The number of nitrogens with zero attached hydrogens (tertiary/aromatic N) is 2. The predicted octanol–water partition coefficient (Wildman–Crippen LogP) is 2.84. The monoisotopic (exact) mass is 375 g/mol. The number of alkyl carbamates (subject to hydrolysis) is 1. The summed E-state index contributed by atoms with van der Waals surface area (Å²) in [5, 5.41) is 11.8. The van der Waals surface area contributed by atoms with Gasteiger partial charge in [0.2, 0.25) is 0 Å². The normalized spacial score (nSPS) is 11.1. The number of hydrogen-bond acceptors (Lipinski definition) is 5. The first kappa shape index (κ1) is 20.3. The number of rotatable bonds is 7. The van der Waals surface area contributed by atoms with Crippen LogP contribution in [0.3, 0.4) is 0 Å². The van der Waals surface area contributed by atoms with Gasteiger partial charge < -0.3 is 24.5 Å². The Kier molecular flexibility index (Phi) is 6.44. The molecule has 0 bridgehead atoms. The first-order valence-electron chi connectivity index (χ1n) is 8.59. The number of benzene rings is 1. The van der Waals surface area contributed by atoms with Gasteiger partial charge >= 0.3 is 12.1 Å². The maximum absolute atomic E-state index is 11.6. The lowest BCUT2D eigenvalue weighted by atomic mass is 10.1. The van der Waals surface area contributed by atoms with Gasteiger partial charge in [0, 0.05) is 6.54 Å². The van der Waals surface area contributed by atoms with E-state index in [0.717, 1.165) is 11.1 Å². The largest absolute Gasteiger partial charge is 0.491 e. The molecule has 0 atom stereocenters. The number of nitrogens with one attached hydrogen (secondary N) is 1. The second-order valence-electron chi connectivity index (χ2n) is 7.03. The highest BCUT2D eigenvalue weighted by atomic mass is 16.6. The fourth-order valence-electron chi connectivity index (χ4n) is 2.42. The summed E-state index contributed by atoms with van der Waals surface area (Å²) in [5.74, 6) is -0.346. The van der Waals surface area contributed by atoms with Crippen molar-refractivity contribution in [2.45, 2.75) is 39.8 Å². The summed E-state index contributed by atoms with van der Waals surface area (Å²) in [5.41, 5.74) is 1.41. The van der Waals surface area contributed by atoms with Crippen molar-refractivity contribution in [1.29, 1.82) is 0 Å². The van der Waals surface area contributed by atoms with Gasteiger partial charge in [-0.05, 0) is 44.9 Å². The van der Waals surface area contributed by atoms with Crippen LogP contribution < -0.4 is 10.1 Å². The van der Waals surface area contributed by atoms with Crippen LogP contribution in [-0.4, -0.2) is 45.5 Å². The lowest BCUT2D eigenvalue weighted by molar-refractivity contribution is 0.0519. The number of aromatic nitrogens is 2. The molecule has 1 aromatic carbocycles. The zero-order valence-corrected chi connectivity index (χ0v) is 16.0. The Labute approximate surface area is 158 Å². The van der Waals surface area contributed by atoms with E-state index in [1.165, 1.54) is 12.5 Å². The summed E-state index contributed by atoms with van der Waals surface area (Å²) >= 11 is 0. The molecule has 146 valence electrons. The van der Waals surface area contributed by atoms with Gasteiger partial charge in [0.25, 0.3) is 0 Å². The minimum atomic E-state index is -1.02. The molecule has 8 heteroatoms. The topological polar surface area (TPSA) is 103 Å². The highest BCUT2D eigenvalue weighted by molar-refractivity contribution is 5.85. The molecular weight excluding hydrogens is 350 g/mol. The molecule has 0 fully saturated rings. The molecule has 0 aliphatic rings. The van der Waals surface area contributed by atoms with Gasteiger partial charge in [0.05, 0.1) is 19.1 Å². The Morgan fingerprint density at radius 2 is 2.04 bits per heavy atom. The zero-order valence-electron chi connectivity index (χ0n) is 16.0. The van der Waals surface area contributed by atoms with Gasteiger partial charge in [-0.25, -0.2) is 14.6 Å². The van der Waals surface area contributed by atoms with E-state index in [1.807, 2.05) is 25.1 Å². The molecule has 0 unspecified atom stereocenters. The number of carbonyl (C=O) groups is 2. The summed E-state index contributed by atoms with van der Waals surface area (Å²) in [7, 11) is 0. The van der Waals surface area contributed by atoms with E-state index in [0.29, 0.717) is 18.8 Å². The molecule has 0 spiro atoms. The summed E-state index contributed by atoms with van der Waals surface area (Å²) < 4.78 is 12.5. The molecule has 0 saturated carbocycles. The van der Waals surface area contributed by atoms with Crippen LogP contribution in [0.4, 0.5) is 4.79 Å². The standard InChI is InChI=1S/C19H25N3O5/c1-13-14(11-22-12-20-10-15(22)17(23)24)6-5-7-16(13)26-9-8-21-18(25)27-19(2,3)4/h5-7,10,12H,8-9,11H2,1-4H3,(H,21,25)(H,23,24). The SMILES string of the molecule is Cc1c(Cn2cncc2C(=O)O)cccc1OCCNC(=O)OC(C)(C)C. The number of carboxylic acid groups (broad SMARTS) is 1. The van der Waals surface area contributed by atoms with E-state index in [4.69, 9.17) is 9.47 Å². The van der Waals surface area contributed by atoms with Crippen molar-refractivity contribution < 1.29 is 24.2 Å². The Morgan fingerprint density at radius 1 is 1.30 bits per heavy atom. The molecule has 27 heavy (non-hydrogen) atoms. The molecule has 0 aliphatic heterocycles. The molecule has 1 amide bonds. The Morgan fingerprint density at radius 3 is 2.70 bits per heavy atom. The highest BCUT2D eigenvalue weighted by Crippen LogP contribution is 2.22. The molecule has 2 rings (SSSR count). The molecule has 0 saturated heterocycles. The van der Waals surface area contributed by atoms with Gasteiger partial charge in [-0.1, -0.05) is 12.1 Å². The average molecular weight is 375 g/mol. The van der Waals surface area contributed by atoms with Crippen LogP contribution in [0.1, 0.15) is 42.4 Å². The van der Waals surface area contributed by atoms with E-state index in [1.54, 1.807) is 25.3 Å². The third-order valence-corrected chi connectivity index (χ3v) is 3.70. The number of imidazole rings is 1. The Hall–Kier alpha value is -3.03. The van der Waals surface area contributed by atoms with Gasteiger partial charge in [-0.15, -0.1) is 0 Å². The van der Waals surface area contributed by atoms with Gasteiger partial charge in [0.15, 0.2) is 0 Å². The van der Waals surface area contributed by atoms with Crippen LogP contribution in [0.15, 0.2) is 30.7 Å². The van der Waals surface area contributed by atoms with E-state index in [2.05, 4.69) is 10.3 Å². The number of ether oxygens (including phenoxy) is 2.